The van der Waals surface area contributed by atoms with Gasteiger partial charge in [-0.2, -0.15) is 0 Å². The Balaban J connectivity index is 1.43. The van der Waals surface area contributed by atoms with Gasteiger partial charge in [-0.3, -0.25) is 9.59 Å². The molecule has 8 heteroatoms. The maximum absolute atomic E-state index is 13.0. The van der Waals surface area contributed by atoms with Crippen molar-refractivity contribution >= 4 is 33.2 Å². The van der Waals surface area contributed by atoms with Crippen LogP contribution in [0, 0.1) is 0 Å². The molecule has 1 amide bonds. The zero-order valence-corrected chi connectivity index (χ0v) is 19.4. The first-order valence-electron chi connectivity index (χ1n) is 10.9. The van der Waals surface area contributed by atoms with Crippen molar-refractivity contribution in [1.82, 2.24) is 0 Å². The van der Waals surface area contributed by atoms with E-state index in [2.05, 4.69) is 12.2 Å². The predicted octanol–water partition coefficient (Wildman–Crippen LogP) is 4.20. The number of anilines is 1. The summed E-state index contributed by atoms with van der Waals surface area (Å²) < 4.78 is 31.1. The average Bonchev–Trinajstić information content (AvgIpc) is 2.85. The summed E-state index contributed by atoms with van der Waals surface area (Å²) in [6.45, 7) is 1.58. The lowest BCUT2D eigenvalue weighted by molar-refractivity contribution is -0.119. The van der Waals surface area contributed by atoms with Gasteiger partial charge in [0.25, 0.3) is 5.91 Å². The molecule has 0 bridgehead atoms. The van der Waals surface area contributed by atoms with Gasteiger partial charge >= 0.3 is 5.97 Å². The molecule has 1 heterocycles. The first-order chi connectivity index (χ1) is 16.3. The summed E-state index contributed by atoms with van der Waals surface area (Å²) in [5, 5.41) is 2.66. The number of ketones is 1. The summed E-state index contributed by atoms with van der Waals surface area (Å²) in [5.41, 5.74) is 1.78. The number of fused-ring (bicyclic) bond motifs is 2. The molecule has 0 saturated carbocycles. The van der Waals surface area contributed by atoms with Gasteiger partial charge in [0.1, 0.15) is 0 Å². The van der Waals surface area contributed by atoms with Crippen LogP contribution >= 0.6 is 0 Å². The smallest absolute Gasteiger partial charge is 0.338 e. The molecule has 0 atom stereocenters. The van der Waals surface area contributed by atoms with Gasteiger partial charge in [-0.15, -0.1) is 0 Å². The maximum Gasteiger partial charge on any atom is 0.338 e. The summed E-state index contributed by atoms with van der Waals surface area (Å²) in [6.07, 6.45) is 3.16. The van der Waals surface area contributed by atoms with Crippen LogP contribution in [0.4, 0.5) is 5.69 Å². The molecule has 1 N–H and O–H groups in total. The topological polar surface area (TPSA) is 107 Å². The number of benzene rings is 3. The van der Waals surface area contributed by atoms with Crippen molar-refractivity contribution in [2.24, 2.45) is 0 Å². The fraction of sp³-hybridized carbons (Fsp3) is 0.192. The number of ether oxygens (including phenoxy) is 1. The highest BCUT2D eigenvalue weighted by atomic mass is 32.2. The standard InChI is InChI=1S/C26H23NO6S/c1-2-3-6-17-9-12-19(13-10-17)27-24(28)16-33-26(30)18-11-14-21-23(15-18)34(31,32)22-8-5-4-7-20(22)25(21)29/h4-5,7-15H,2-3,6,16H2,1H3,(H,27,28). The second-order valence-electron chi connectivity index (χ2n) is 7.96. The molecular formula is C26H23NO6S. The highest BCUT2D eigenvalue weighted by molar-refractivity contribution is 7.91. The fourth-order valence-electron chi connectivity index (χ4n) is 3.76. The summed E-state index contributed by atoms with van der Waals surface area (Å²) in [5.74, 6) is -1.82. The highest BCUT2D eigenvalue weighted by Gasteiger charge is 2.35. The molecule has 174 valence electrons. The first-order valence-corrected chi connectivity index (χ1v) is 12.4. The van der Waals surface area contributed by atoms with Crippen LogP contribution in [0.25, 0.3) is 0 Å². The van der Waals surface area contributed by atoms with Gasteiger partial charge < -0.3 is 10.1 Å². The molecule has 3 aromatic rings. The molecule has 7 nitrogen and oxygen atoms in total. The van der Waals surface area contributed by atoms with E-state index in [0.717, 1.165) is 25.3 Å². The lowest BCUT2D eigenvalue weighted by atomic mass is 10.0. The van der Waals surface area contributed by atoms with Crippen molar-refractivity contribution in [3.8, 4) is 0 Å². The van der Waals surface area contributed by atoms with Gasteiger partial charge in [-0.05, 0) is 60.9 Å². The van der Waals surface area contributed by atoms with Crippen LogP contribution in [-0.2, 0) is 25.8 Å². The molecule has 34 heavy (non-hydrogen) atoms. The zero-order chi connectivity index (χ0) is 24.3. The number of hydrogen-bond acceptors (Lipinski definition) is 6. The number of rotatable bonds is 7. The SMILES string of the molecule is CCCCc1ccc(NC(=O)COC(=O)c2ccc3c(c2)S(=O)(=O)c2ccccc2C3=O)cc1. The van der Waals surface area contributed by atoms with Gasteiger partial charge in [0, 0.05) is 16.8 Å². The lowest BCUT2D eigenvalue weighted by Gasteiger charge is -2.19. The van der Waals surface area contributed by atoms with E-state index in [0.29, 0.717) is 5.69 Å². The minimum absolute atomic E-state index is 0.00428. The number of unbranched alkanes of at least 4 members (excludes halogenated alkanes) is 1. The Labute approximate surface area is 197 Å². The molecule has 4 rings (SSSR count). The largest absolute Gasteiger partial charge is 0.452 e. The summed E-state index contributed by atoms with van der Waals surface area (Å²) in [6, 6.07) is 17.1. The number of sulfone groups is 1. The number of carbonyl (C=O) groups excluding carboxylic acids is 3. The van der Waals surface area contributed by atoms with Gasteiger partial charge in [0.2, 0.25) is 9.84 Å². The molecule has 0 fully saturated rings. The molecule has 1 aliphatic heterocycles. The van der Waals surface area contributed by atoms with E-state index >= 15 is 0 Å². The van der Waals surface area contributed by atoms with Crippen LogP contribution in [0.1, 0.15) is 51.6 Å². The molecule has 0 aromatic heterocycles. The van der Waals surface area contributed by atoms with Gasteiger partial charge in [0.05, 0.1) is 15.4 Å². The third-order valence-corrected chi connectivity index (χ3v) is 7.42. The van der Waals surface area contributed by atoms with Crippen molar-refractivity contribution in [1.29, 1.82) is 0 Å². The van der Waals surface area contributed by atoms with Crippen LogP contribution < -0.4 is 5.32 Å². The quantitative estimate of drug-likeness (QED) is 0.400. The van der Waals surface area contributed by atoms with Crippen LogP contribution in [0.2, 0.25) is 0 Å². The predicted molar refractivity (Wildman–Crippen MR) is 126 cm³/mol. The van der Waals surface area contributed by atoms with E-state index < -0.39 is 34.1 Å². The van der Waals surface area contributed by atoms with E-state index in [1.807, 2.05) is 12.1 Å². The first kappa shape index (κ1) is 23.4. The average molecular weight is 478 g/mol. The second-order valence-corrected chi connectivity index (χ2v) is 9.85. The summed E-state index contributed by atoms with van der Waals surface area (Å²) >= 11 is 0. The maximum atomic E-state index is 13.0. The molecular weight excluding hydrogens is 454 g/mol. The Bertz CT molecular complexity index is 1380. The number of carbonyl (C=O) groups is 3. The fourth-order valence-corrected chi connectivity index (χ4v) is 5.44. The monoisotopic (exact) mass is 477 g/mol. The molecule has 0 aliphatic carbocycles. The third-order valence-electron chi connectivity index (χ3n) is 5.56. The molecule has 1 aliphatic rings. The van der Waals surface area contributed by atoms with Crippen LogP contribution in [0.5, 0.6) is 0 Å². The normalized spacial score (nSPS) is 13.5. The Hall–Kier alpha value is -3.78. The molecule has 0 unspecified atom stereocenters. The van der Waals surface area contributed by atoms with Crippen LogP contribution in [-0.4, -0.2) is 32.7 Å². The Morgan fingerprint density at radius 3 is 2.35 bits per heavy atom. The highest BCUT2D eigenvalue weighted by Crippen LogP contribution is 2.34. The number of nitrogens with one attached hydrogen (secondary N) is 1. The Morgan fingerprint density at radius 1 is 0.912 bits per heavy atom. The second kappa shape index (κ2) is 9.61. The van der Waals surface area contributed by atoms with Crippen LogP contribution in [0.3, 0.4) is 0 Å². The van der Waals surface area contributed by atoms with E-state index in [1.165, 1.54) is 35.9 Å². The lowest BCUT2D eigenvalue weighted by Crippen LogP contribution is -2.22. The zero-order valence-electron chi connectivity index (χ0n) is 18.5. The molecule has 0 spiro atoms. The van der Waals surface area contributed by atoms with Crippen molar-refractivity contribution in [3.05, 3.63) is 89.0 Å². The van der Waals surface area contributed by atoms with Gasteiger partial charge in [0.15, 0.2) is 12.4 Å². The van der Waals surface area contributed by atoms with Crippen molar-refractivity contribution in [2.75, 3.05) is 11.9 Å². The molecule has 0 radical (unpaired) electrons. The Kier molecular flexibility index (Phi) is 6.61. The Morgan fingerprint density at radius 2 is 1.62 bits per heavy atom. The van der Waals surface area contributed by atoms with E-state index in [1.54, 1.807) is 18.2 Å². The summed E-state index contributed by atoms with van der Waals surface area (Å²) in [4.78, 5) is 37.0. The third kappa shape index (κ3) is 4.63. The number of amides is 1. The molecule has 0 saturated heterocycles. The number of hydrogen-bond donors (Lipinski definition) is 1. The van der Waals surface area contributed by atoms with Crippen molar-refractivity contribution < 1.29 is 27.5 Å². The van der Waals surface area contributed by atoms with Gasteiger partial charge in [-0.25, -0.2) is 13.2 Å². The summed E-state index contributed by atoms with van der Waals surface area (Å²) in [7, 11) is -3.98. The minimum Gasteiger partial charge on any atom is -0.452 e. The van der Waals surface area contributed by atoms with E-state index in [-0.39, 0.29) is 26.5 Å². The molecule has 3 aromatic carbocycles. The van der Waals surface area contributed by atoms with E-state index in [4.69, 9.17) is 4.74 Å². The van der Waals surface area contributed by atoms with Crippen LogP contribution in [0.15, 0.2) is 76.5 Å². The van der Waals surface area contributed by atoms with Gasteiger partial charge in [-0.1, -0.05) is 37.6 Å². The minimum atomic E-state index is -3.98. The van der Waals surface area contributed by atoms with Crippen molar-refractivity contribution in [2.45, 2.75) is 36.0 Å². The van der Waals surface area contributed by atoms with Crippen molar-refractivity contribution in [3.63, 3.8) is 0 Å². The van der Waals surface area contributed by atoms with E-state index in [9.17, 15) is 22.8 Å². The number of aryl methyl sites for hydroxylation is 1. The number of esters is 1.